The SMILES string of the molecule is COCCNc1cc(C(=O)NCc2cccc(C)c2)nc(C)n1. The van der Waals surface area contributed by atoms with Crippen LogP contribution in [0.25, 0.3) is 0 Å². The molecule has 0 spiro atoms. The Labute approximate surface area is 136 Å². The maximum absolute atomic E-state index is 12.3. The minimum atomic E-state index is -0.216. The summed E-state index contributed by atoms with van der Waals surface area (Å²) in [6, 6.07) is 9.67. The van der Waals surface area contributed by atoms with E-state index in [0.29, 0.717) is 37.0 Å². The van der Waals surface area contributed by atoms with Crippen LogP contribution < -0.4 is 10.6 Å². The average Bonchev–Trinajstić information content (AvgIpc) is 2.52. The summed E-state index contributed by atoms with van der Waals surface area (Å²) in [6.07, 6.45) is 0. The van der Waals surface area contributed by atoms with E-state index >= 15 is 0 Å². The van der Waals surface area contributed by atoms with Crippen molar-refractivity contribution in [3.63, 3.8) is 0 Å². The van der Waals surface area contributed by atoms with Crippen molar-refractivity contribution in [2.75, 3.05) is 25.6 Å². The van der Waals surface area contributed by atoms with Crippen LogP contribution in [0.2, 0.25) is 0 Å². The van der Waals surface area contributed by atoms with Gasteiger partial charge in [-0.05, 0) is 19.4 Å². The summed E-state index contributed by atoms with van der Waals surface area (Å²) in [4.78, 5) is 20.7. The second-order valence-corrected chi connectivity index (χ2v) is 5.28. The van der Waals surface area contributed by atoms with Gasteiger partial charge in [0.05, 0.1) is 6.61 Å². The van der Waals surface area contributed by atoms with E-state index in [0.717, 1.165) is 5.56 Å². The highest BCUT2D eigenvalue weighted by Gasteiger charge is 2.10. The summed E-state index contributed by atoms with van der Waals surface area (Å²) in [7, 11) is 1.64. The number of nitrogens with zero attached hydrogens (tertiary/aromatic N) is 2. The molecule has 0 saturated carbocycles. The minimum absolute atomic E-state index is 0.216. The summed E-state index contributed by atoms with van der Waals surface area (Å²) in [5.41, 5.74) is 2.58. The zero-order valence-electron chi connectivity index (χ0n) is 13.7. The van der Waals surface area contributed by atoms with Crippen LogP contribution in [0.1, 0.15) is 27.4 Å². The van der Waals surface area contributed by atoms with Crippen LogP contribution in [0.5, 0.6) is 0 Å². The molecular weight excluding hydrogens is 292 g/mol. The molecular formula is C17H22N4O2. The molecule has 2 aromatic rings. The van der Waals surface area contributed by atoms with Crippen molar-refractivity contribution in [3.8, 4) is 0 Å². The Hall–Kier alpha value is -2.47. The number of anilines is 1. The molecule has 6 heteroatoms. The van der Waals surface area contributed by atoms with Gasteiger partial charge in [-0.1, -0.05) is 29.8 Å². The number of methoxy groups -OCH3 is 1. The molecule has 1 amide bonds. The average molecular weight is 314 g/mol. The summed E-state index contributed by atoms with van der Waals surface area (Å²) in [6.45, 7) is 5.45. The van der Waals surface area contributed by atoms with Crippen molar-refractivity contribution in [1.29, 1.82) is 0 Å². The van der Waals surface area contributed by atoms with Gasteiger partial charge < -0.3 is 15.4 Å². The number of hydrogen-bond donors (Lipinski definition) is 2. The summed E-state index contributed by atoms with van der Waals surface area (Å²) in [5, 5.41) is 5.99. The molecule has 0 aliphatic rings. The first kappa shape index (κ1) is 16.9. The quantitative estimate of drug-likeness (QED) is 0.765. The number of nitrogens with one attached hydrogen (secondary N) is 2. The molecule has 0 fully saturated rings. The van der Waals surface area contributed by atoms with Gasteiger partial charge in [0.2, 0.25) is 0 Å². The van der Waals surface area contributed by atoms with Crippen LogP contribution in [0.4, 0.5) is 5.82 Å². The van der Waals surface area contributed by atoms with Gasteiger partial charge in [-0.3, -0.25) is 4.79 Å². The zero-order valence-corrected chi connectivity index (χ0v) is 13.7. The highest BCUT2D eigenvalue weighted by Crippen LogP contribution is 2.08. The molecule has 0 aliphatic carbocycles. The first-order valence-electron chi connectivity index (χ1n) is 7.50. The number of carbonyl (C=O) groups excluding carboxylic acids is 1. The Morgan fingerprint density at radius 3 is 2.78 bits per heavy atom. The number of rotatable bonds is 7. The van der Waals surface area contributed by atoms with Crippen molar-refractivity contribution < 1.29 is 9.53 Å². The number of benzene rings is 1. The van der Waals surface area contributed by atoms with Crippen LogP contribution in [0.15, 0.2) is 30.3 Å². The monoisotopic (exact) mass is 314 g/mol. The fourth-order valence-electron chi connectivity index (χ4n) is 2.15. The number of amides is 1. The number of ether oxygens (including phenoxy) is 1. The van der Waals surface area contributed by atoms with E-state index in [9.17, 15) is 4.79 Å². The lowest BCUT2D eigenvalue weighted by Gasteiger charge is -2.09. The third kappa shape index (κ3) is 5.34. The topological polar surface area (TPSA) is 76.1 Å². The van der Waals surface area contributed by atoms with Crippen LogP contribution in [-0.4, -0.2) is 36.1 Å². The Morgan fingerprint density at radius 2 is 2.04 bits per heavy atom. The highest BCUT2D eigenvalue weighted by molar-refractivity contribution is 5.92. The largest absolute Gasteiger partial charge is 0.383 e. The third-order valence-corrected chi connectivity index (χ3v) is 3.22. The van der Waals surface area contributed by atoms with Crippen molar-refractivity contribution in [3.05, 3.63) is 53.0 Å². The minimum Gasteiger partial charge on any atom is -0.383 e. The van der Waals surface area contributed by atoms with E-state index in [1.54, 1.807) is 20.1 Å². The zero-order chi connectivity index (χ0) is 16.7. The van der Waals surface area contributed by atoms with E-state index in [2.05, 4.69) is 20.6 Å². The number of carbonyl (C=O) groups is 1. The molecule has 0 aliphatic heterocycles. The van der Waals surface area contributed by atoms with Gasteiger partial charge in [0, 0.05) is 26.3 Å². The molecule has 2 rings (SSSR count). The Balaban J connectivity index is 2.00. The Kier molecular flexibility index (Phi) is 6.05. The van der Waals surface area contributed by atoms with E-state index < -0.39 is 0 Å². The molecule has 1 heterocycles. The maximum Gasteiger partial charge on any atom is 0.270 e. The molecule has 0 radical (unpaired) electrons. The standard InChI is InChI=1S/C17H22N4O2/c1-12-5-4-6-14(9-12)11-19-17(22)15-10-16(18-7-8-23-3)21-13(2)20-15/h4-6,9-10H,7-8,11H2,1-3H3,(H,19,22)(H,18,20,21). The van der Waals surface area contributed by atoms with Crippen molar-refractivity contribution in [1.82, 2.24) is 15.3 Å². The van der Waals surface area contributed by atoms with Crippen LogP contribution in [0, 0.1) is 13.8 Å². The van der Waals surface area contributed by atoms with Gasteiger partial charge in [0.1, 0.15) is 17.3 Å². The van der Waals surface area contributed by atoms with Crippen LogP contribution in [0.3, 0.4) is 0 Å². The predicted molar refractivity (Wildman–Crippen MR) is 89.5 cm³/mol. The molecule has 2 N–H and O–H groups in total. The predicted octanol–water partition coefficient (Wildman–Crippen LogP) is 2.08. The fourth-order valence-corrected chi connectivity index (χ4v) is 2.15. The first-order valence-corrected chi connectivity index (χ1v) is 7.50. The molecule has 122 valence electrons. The summed E-state index contributed by atoms with van der Waals surface area (Å²) >= 11 is 0. The van der Waals surface area contributed by atoms with Gasteiger partial charge in [0.15, 0.2) is 0 Å². The highest BCUT2D eigenvalue weighted by atomic mass is 16.5. The molecule has 0 saturated heterocycles. The smallest absolute Gasteiger partial charge is 0.270 e. The van der Waals surface area contributed by atoms with Crippen molar-refractivity contribution in [2.45, 2.75) is 20.4 Å². The van der Waals surface area contributed by atoms with Crippen LogP contribution >= 0.6 is 0 Å². The van der Waals surface area contributed by atoms with Gasteiger partial charge in [-0.25, -0.2) is 9.97 Å². The van der Waals surface area contributed by atoms with E-state index in [-0.39, 0.29) is 5.91 Å². The molecule has 1 aromatic heterocycles. The van der Waals surface area contributed by atoms with Crippen LogP contribution in [-0.2, 0) is 11.3 Å². The second-order valence-electron chi connectivity index (χ2n) is 5.28. The lowest BCUT2D eigenvalue weighted by Crippen LogP contribution is -2.24. The second kappa shape index (κ2) is 8.24. The normalized spacial score (nSPS) is 10.4. The number of aryl methyl sites for hydroxylation is 2. The van der Waals surface area contributed by atoms with E-state index in [1.165, 1.54) is 5.56 Å². The molecule has 23 heavy (non-hydrogen) atoms. The van der Waals surface area contributed by atoms with Gasteiger partial charge in [-0.2, -0.15) is 0 Å². The van der Waals surface area contributed by atoms with E-state index in [4.69, 9.17) is 4.74 Å². The first-order chi connectivity index (χ1) is 11.1. The maximum atomic E-state index is 12.3. The number of aromatic nitrogens is 2. The number of hydrogen-bond acceptors (Lipinski definition) is 5. The fraction of sp³-hybridized carbons (Fsp3) is 0.353. The Morgan fingerprint density at radius 1 is 1.22 bits per heavy atom. The van der Waals surface area contributed by atoms with Gasteiger partial charge in [-0.15, -0.1) is 0 Å². The lowest BCUT2D eigenvalue weighted by atomic mass is 10.1. The van der Waals surface area contributed by atoms with Gasteiger partial charge in [0.25, 0.3) is 5.91 Å². The molecule has 0 unspecified atom stereocenters. The Bertz CT molecular complexity index is 673. The molecule has 0 bridgehead atoms. The molecule has 1 aromatic carbocycles. The summed E-state index contributed by atoms with van der Waals surface area (Å²) < 4.78 is 4.98. The van der Waals surface area contributed by atoms with Crippen molar-refractivity contribution >= 4 is 11.7 Å². The lowest BCUT2D eigenvalue weighted by molar-refractivity contribution is 0.0945. The molecule has 6 nitrogen and oxygen atoms in total. The van der Waals surface area contributed by atoms with Gasteiger partial charge >= 0.3 is 0 Å². The van der Waals surface area contributed by atoms with Crippen molar-refractivity contribution in [2.24, 2.45) is 0 Å². The third-order valence-electron chi connectivity index (χ3n) is 3.22. The summed E-state index contributed by atoms with van der Waals surface area (Å²) in [5.74, 6) is 0.954. The molecule has 0 atom stereocenters. The van der Waals surface area contributed by atoms with E-state index in [1.807, 2.05) is 31.2 Å².